The lowest BCUT2D eigenvalue weighted by Crippen LogP contribution is -2.47. The van der Waals surface area contributed by atoms with Crippen LogP contribution in [-0.2, 0) is 16.1 Å². The topological polar surface area (TPSA) is 105 Å². The molecule has 4 rings (SSSR count). The van der Waals surface area contributed by atoms with Crippen LogP contribution in [0.5, 0.6) is 0 Å². The van der Waals surface area contributed by atoms with Gasteiger partial charge < -0.3 is 19.5 Å². The van der Waals surface area contributed by atoms with Gasteiger partial charge in [0.1, 0.15) is 23.4 Å². The summed E-state index contributed by atoms with van der Waals surface area (Å²) in [5, 5.41) is 5.07. The summed E-state index contributed by atoms with van der Waals surface area (Å²) in [6.07, 6.45) is 2.74. The van der Waals surface area contributed by atoms with Crippen LogP contribution in [0.15, 0.2) is 94.2 Å². The number of rotatable bonds is 9. The number of carbonyl (C=O) groups excluding carboxylic acids is 3. The average molecular weight is 493 g/mol. The van der Waals surface area contributed by atoms with Crippen molar-refractivity contribution in [1.29, 1.82) is 0 Å². The first-order valence-corrected chi connectivity index (χ1v) is 10.9. The number of benzene rings is 2. The van der Waals surface area contributed by atoms with E-state index in [0.717, 1.165) is 23.1 Å². The maximum Gasteiger partial charge on any atom is 0.287 e. The molecule has 0 fully saturated rings. The minimum absolute atomic E-state index is 0.0158. The SMILES string of the molecule is O=C(NCC(=O)N(c1ccc(F)cc1)[C@@H](C(=O)NCc1ccco1)c1ccccc1F)c1ccco1. The zero-order valence-electron chi connectivity index (χ0n) is 18.8. The van der Waals surface area contributed by atoms with Crippen LogP contribution in [0.4, 0.5) is 14.5 Å². The zero-order valence-corrected chi connectivity index (χ0v) is 18.8. The summed E-state index contributed by atoms with van der Waals surface area (Å²) in [5.41, 5.74) is 0.0273. The molecule has 1 atom stereocenters. The fraction of sp³-hybridized carbons (Fsp3) is 0.115. The molecule has 0 aliphatic heterocycles. The minimum Gasteiger partial charge on any atom is -0.467 e. The second-order valence-corrected chi connectivity index (χ2v) is 7.62. The Hall–Kier alpha value is -4.73. The van der Waals surface area contributed by atoms with Crippen molar-refractivity contribution in [2.45, 2.75) is 12.6 Å². The van der Waals surface area contributed by atoms with Crippen molar-refractivity contribution < 1.29 is 32.0 Å². The summed E-state index contributed by atoms with van der Waals surface area (Å²) in [5.74, 6) is -2.98. The van der Waals surface area contributed by atoms with Gasteiger partial charge in [-0.15, -0.1) is 0 Å². The number of halogens is 2. The van der Waals surface area contributed by atoms with Crippen molar-refractivity contribution in [2.75, 3.05) is 11.4 Å². The van der Waals surface area contributed by atoms with Gasteiger partial charge in [-0.3, -0.25) is 19.3 Å². The lowest BCUT2D eigenvalue weighted by molar-refractivity contribution is -0.126. The maximum absolute atomic E-state index is 14.9. The summed E-state index contributed by atoms with van der Waals surface area (Å²) in [6, 6.07) is 15.0. The van der Waals surface area contributed by atoms with Crippen molar-refractivity contribution in [3.05, 3.63) is 114 Å². The van der Waals surface area contributed by atoms with Gasteiger partial charge in [-0.2, -0.15) is 0 Å². The smallest absolute Gasteiger partial charge is 0.287 e. The van der Waals surface area contributed by atoms with Crippen molar-refractivity contribution in [3.8, 4) is 0 Å². The third kappa shape index (κ3) is 5.66. The van der Waals surface area contributed by atoms with E-state index >= 15 is 0 Å². The molecule has 0 saturated carbocycles. The highest BCUT2D eigenvalue weighted by molar-refractivity contribution is 6.04. The van der Waals surface area contributed by atoms with E-state index in [9.17, 15) is 23.2 Å². The van der Waals surface area contributed by atoms with E-state index in [4.69, 9.17) is 8.83 Å². The van der Waals surface area contributed by atoms with Crippen molar-refractivity contribution in [1.82, 2.24) is 10.6 Å². The number of hydrogen-bond acceptors (Lipinski definition) is 5. The van der Waals surface area contributed by atoms with Gasteiger partial charge in [-0.1, -0.05) is 18.2 Å². The van der Waals surface area contributed by atoms with Gasteiger partial charge in [0, 0.05) is 11.3 Å². The molecule has 2 aromatic heterocycles. The van der Waals surface area contributed by atoms with E-state index in [0.29, 0.717) is 5.76 Å². The Bertz CT molecular complexity index is 1320. The average Bonchev–Trinajstić information content (AvgIpc) is 3.60. The first-order valence-electron chi connectivity index (χ1n) is 10.9. The van der Waals surface area contributed by atoms with E-state index in [1.807, 2.05) is 0 Å². The summed E-state index contributed by atoms with van der Waals surface area (Å²) in [4.78, 5) is 40.2. The van der Waals surface area contributed by atoms with Crippen LogP contribution < -0.4 is 15.5 Å². The predicted octanol–water partition coefficient (Wildman–Crippen LogP) is 3.97. The molecule has 8 nitrogen and oxygen atoms in total. The number of amides is 3. The summed E-state index contributed by atoms with van der Waals surface area (Å²) in [6.45, 7) is -0.565. The van der Waals surface area contributed by atoms with Crippen LogP contribution >= 0.6 is 0 Å². The zero-order chi connectivity index (χ0) is 25.5. The minimum atomic E-state index is -1.49. The van der Waals surface area contributed by atoms with E-state index in [2.05, 4.69) is 10.6 Å². The molecule has 2 heterocycles. The van der Waals surface area contributed by atoms with Gasteiger partial charge in [0.15, 0.2) is 5.76 Å². The molecule has 4 aromatic rings. The maximum atomic E-state index is 14.9. The normalized spacial score (nSPS) is 11.5. The lowest BCUT2D eigenvalue weighted by Gasteiger charge is -2.31. The van der Waals surface area contributed by atoms with E-state index in [-0.39, 0.29) is 23.6 Å². The molecule has 0 bridgehead atoms. The molecule has 36 heavy (non-hydrogen) atoms. The molecule has 184 valence electrons. The molecule has 3 amide bonds. The largest absolute Gasteiger partial charge is 0.467 e. The van der Waals surface area contributed by atoms with Crippen molar-refractivity contribution >= 4 is 23.4 Å². The van der Waals surface area contributed by atoms with Gasteiger partial charge in [-0.05, 0) is 54.6 Å². The Kier molecular flexibility index (Phi) is 7.54. The number of nitrogens with zero attached hydrogens (tertiary/aromatic N) is 1. The summed E-state index contributed by atoms with van der Waals surface area (Å²) in [7, 11) is 0. The Morgan fingerprint density at radius 1 is 0.833 bits per heavy atom. The molecule has 0 saturated heterocycles. The van der Waals surface area contributed by atoms with Gasteiger partial charge in [0.05, 0.1) is 25.6 Å². The molecule has 2 aromatic carbocycles. The van der Waals surface area contributed by atoms with Gasteiger partial charge in [0.25, 0.3) is 5.91 Å². The number of hydrogen-bond donors (Lipinski definition) is 2. The van der Waals surface area contributed by atoms with Crippen molar-refractivity contribution in [2.24, 2.45) is 0 Å². The monoisotopic (exact) mass is 493 g/mol. The molecule has 0 aliphatic carbocycles. The van der Waals surface area contributed by atoms with E-state index in [1.54, 1.807) is 12.1 Å². The summed E-state index contributed by atoms with van der Waals surface area (Å²) < 4.78 is 38.9. The first kappa shape index (κ1) is 24.4. The summed E-state index contributed by atoms with van der Waals surface area (Å²) >= 11 is 0. The second kappa shape index (κ2) is 11.1. The number of furan rings is 2. The predicted molar refractivity (Wildman–Crippen MR) is 125 cm³/mol. The quantitative estimate of drug-likeness (QED) is 0.367. The third-order valence-electron chi connectivity index (χ3n) is 5.24. The molecule has 0 aliphatic rings. The Labute approximate surface area is 204 Å². The van der Waals surface area contributed by atoms with Crippen molar-refractivity contribution in [3.63, 3.8) is 0 Å². The van der Waals surface area contributed by atoms with Crippen LogP contribution in [0.3, 0.4) is 0 Å². The molecule has 2 N–H and O–H groups in total. The van der Waals surface area contributed by atoms with Gasteiger partial charge in [-0.25, -0.2) is 8.78 Å². The highest BCUT2D eigenvalue weighted by atomic mass is 19.1. The highest BCUT2D eigenvalue weighted by Gasteiger charge is 2.34. The van der Waals surface area contributed by atoms with Crippen LogP contribution in [0.25, 0.3) is 0 Å². The van der Waals surface area contributed by atoms with E-state index < -0.39 is 41.9 Å². The van der Waals surface area contributed by atoms with Crippen LogP contribution in [0.2, 0.25) is 0 Å². The van der Waals surface area contributed by atoms with Crippen LogP contribution in [0.1, 0.15) is 27.9 Å². The fourth-order valence-corrected chi connectivity index (χ4v) is 3.55. The Morgan fingerprint density at radius 3 is 2.22 bits per heavy atom. The van der Waals surface area contributed by atoms with Gasteiger partial charge >= 0.3 is 0 Å². The Balaban J connectivity index is 1.68. The highest BCUT2D eigenvalue weighted by Crippen LogP contribution is 2.30. The van der Waals surface area contributed by atoms with E-state index in [1.165, 1.54) is 55.0 Å². The molecule has 0 spiro atoms. The molecule has 0 radical (unpaired) electrons. The Morgan fingerprint density at radius 2 is 1.56 bits per heavy atom. The number of anilines is 1. The number of nitrogens with one attached hydrogen (secondary N) is 2. The first-order chi connectivity index (χ1) is 17.4. The standard InChI is InChI=1S/C26H21F2N3O5/c27-17-9-11-18(12-10-17)31(23(32)16-30-25(33)22-8-4-14-36-22)24(20-6-1-2-7-21(20)28)26(34)29-15-19-5-3-13-35-19/h1-14,24H,15-16H2,(H,29,34)(H,30,33)/t24-/m1/s1. The molecule has 0 unspecified atom stereocenters. The lowest BCUT2D eigenvalue weighted by atomic mass is 10.0. The molecule has 10 heteroatoms. The number of carbonyl (C=O) groups is 3. The third-order valence-corrected chi connectivity index (χ3v) is 5.24. The molecular weight excluding hydrogens is 472 g/mol. The van der Waals surface area contributed by atoms with Crippen LogP contribution in [0, 0.1) is 11.6 Å². The van der Waals surface area contributed by atoms with Crippen LogP contribution in [-0.4, -0.2) is 24.3 Å². The molecular formula is C26H21F2N3O5. The fourth-order valence-electron chi connectivity index (χ4n) is 3.55. The second-order valence-electron chi connectivity index (χ2n) is 7.62. The van der Waals surface area contributed by atoms with Gasteiger partial charge in [0.2, 0.25) is 11.8 Å².